The number of aromatic amines is 1. The van der Waals surface area contributed by atoms with Gasteiger partial charge in [0.1, 0.15) is 0 Å². The number of rotatable bonds is 6. The van der Waals surface area contributed by atoms with Gasteiger partial charge in [-0.1, -0.05) is 0 Å². The summed E-state index contributed by atoms with van der Waals surface area (Å²) in [6, 6.07) is 0. The minimum atomic E-state index is 0.188. The molecule has 0 radical (unpaired) electrons. The summed E-state index contributed by atoms with van der Waals surface area (Å²) in [6.45, 7) is 4.82. The lowest BCUT2D eigenvalue weighted by Gasteiger charge is -2.08. The molecule has 1 atom stereocenters. The highest BCUT2D eigenvalue weighted by Crippen LogP contribution is 2.11. The Morgan fingerprint density at radius 1 is 1.61 bits per heavy atom. The van der Waals surface area contributed by atoms with Crippen LogP contribution >= 0.6 is 0 Å². The predicted octanol–water partition coefficient (Wildman–Crippen LogP) is 0.767. The highest BCUT2D eigenvalue weighted by Gasteiger charge is 2.17. The molecule has 1 aromatic rings. The summed E-state index contributed by atoms with van der Waals surface area (Å²) < 4.78 is 0. The first-order chi connectivity index (χ1) is 8.75. The van der Waals surface area contributed by atoms with Gasteiger partial charge in [0.15, 0.2) is 0 Å². The van der Waals surface area contributed by atoms with E-state index in [4.69, 9.17) is 0 Å². The molecule has 0 spiro atoms. The molecule has 1 aliphatic heterocycles. The molecule has 0 aromatic carbocycles. The Hall–Kier alpha value is -1.36. The summed E-state index contributed by atoms with van der Waals surface area (Å²) in [5.74, 6) is 0.716. The number of H-pyrrole nitrogens is 1. The second-order valence-electron chi connectivity index (χ2n) is 5.04. The van der Waals surface area contributed by atoms with Crippen molar-refractivity contribution >= 4 is 5.91 Å². The molecule has 0 saturated carbocycles. The molecule has 2 rings (SSSR count). The van der Waals surface area contributed by atoms with Crippen molar-refractivity contribution in [1.29, 1.82) is 0 Å². The van der Waals surface area contributed by atoms with Gasteiger partial charge < -0.3 is 10.6 Å². The Morgan fingerprint density at radius 3 is 3.17 bits per heavy atom. The zero-order chi connectivity index (χ0) is 12.8. The predicted molar refractivity (Wildman–Crippen MR) is 70.2 cm³/mol. The monoisotopic (exact) mass is 250 g/mol. The van der Waals surface area contributed by atoms with Gasteiger partial charge in [-0.05, 0) is 50.8 Å². The van der Waals surface area contributed by atoms with Crippen molar-refractivity contribution in [1.82, 2.24) is 20.8 Å². The van der Waals surface area contributed by atoms with E-state index in [1.54, 1.807) is 0 Å². The first kappa shape index (κ1) is 13.1. The van der Waals surface area contributed by atoms with Crippen LogP contribution < -0.4 is 10.6 Å². The largest absolute Gasteiger partial charge is 0.356 e. The average molecular weight is 250 g/mol. The third-order valence-corrected chi connectivity index (χ3v) is 3.52. The quantitative estimate of drug-likeness (QED) is 0.653. The molecule has 100 valence electrons. The van der Waals surface area contributed by atoms with Crippen LogP contribution in [0.3, 0.4) is 0 Å². The molecule has 5 heteroatoms. The Bertz CT molecular complexity index is 382. The van der Waals surface area contributed by atoms with E-state index in [-0.39, 0.29) is 5.91 Å². The molecule has 2 heterocycles. The van der Waals surface area contributed by atoms with Crippen LogP contribution in [0.2, 0.25) is 0 Å². The van der Waals surface area contributed by atoms with Crippen LogP contribution in [-0.2, 0) is 11.2 Å². The zero-order valence-electron chi connectivity index (χ0n) is 11.0. The van der Waals surface area contributed by atoms with Crippen molar-refractivity contribution < 1.29 is 4.79 Å². The van der Waals surface area contributed by atoms with E-state index in [0.717, 1.165) is 44.6 Å². The van der Waals surface area contributed by atoms with Crippen molar-refractivity contribution in [2.45, 2.75) is 32.6 Å². The third kappa shape index (κ3) is 3.84. The number of nitrogens with zero attached hydrogens (tertiary/aromatic N) is 1. The molecule has 1 saturated heterocycles. The Kier molecular flexibility index (Phi) is 4.75. The average Bonchev–Trinajstić information content (AvgIpc) is 2.97. The molecule has 1 aliphatic rings. The van der Waals surface area contributed by atoms with Crippen molar-refractivity contribution in [2.24, 2.45) is 5.92 Å². The lowest BCUT2D eigenvalue weighted by atomic mass is 10.0. The van der Waals surface area contributed by atoms with E-state index >= 15 is 0 Å². The molecule has 0 bridgehead atoms. The van der Waals surface area contributed by atoms with Gasteiger partial charge in [0.25, 0.3) is 0 Å². The van der Waals surface area contributed by atoms with Crippen LogP contribution in [0.1, 0.15) is 30.5 Å². The summed E-state index contributed by atoms with van der Waals surface area (Å²) >= 11 is 0. The summed E-state index contributed by atoms with van der Waals surface area (Å²) in [4.78, 5) is 11.7. The van der Waals surface area contributed by atoms with Crippen LogP contribution in [0.25, 0.3) is 0 Å². The highest BCUT2D eigenvalue weighted by molar-refractivity contribution is 5.76. The molecule has 1 amide bonds. The maximum atomic E-state index is 11.7. The highest BCUT2D eigenvalue weighted by atomic mass is 16.1. The van der Waals surface area contributed by atoms with Gasteiger partial charge in [0, 0.05) is 18.7 Å². The van der Waals surface area contributed by atoms with Gasteiger partial charge in [-0.25, -0.2) is 0 Å². The third-order valence-electron chi connectivity index (χ3n) is 3.52. The Morgan fingerprint density at radius 2 is 2.50 bits per heavy atom. The van der Waals surface area contributed by atoms with Crippen molar-refractivity contribution in [3.05, 3.63) is 17.5 Å². The summed E-state index contributed by atoms with van der Waals surface area (Å²) in [7, 11) is 0. The maximum absolute atomic E-state index is 11.7. The SMILES string of the molecule is Cc1[nH]ncc1CCCNC(=O)CC1CCNC1. The molecule has 0 aliphatic carbocycles. The van der Waals surface area contributed by atoms with E-state index in [2.05, 4.69) is 20.8 Å². The minimum Gasteiger partial charge on any atom is -0.356 e. The van der Waals surface area contributed by atoms with E-state index in [1.807, 2.05) is 13.1 Å². The normalized spacial score (nSPS) is 19.1. The van der Waals surface area contributed by atoms with Crippen LogP contribution in [0, 0.1) is 12.8 Å². The standard InChI is InChI=1S/C13H22N4O/c1-10-12(9-16-17-10)3-2-5-15-13(18)7-11-4-6-14-8-11/h9,11,14H,2-8H2,1H3,(H,15,18)(H,16,17). The summed E-state index contributed by atoms with van der Waals surface area (Å²) in [5.41, 5.74) is 2.36. The first-order valence-corrected chi connectivity index (χ1v) is 6.72. The lowest BCUT2D eigenvalue weighted by molar-refractivity contribution is -0.121. The number of carbonyl (C=O) groups excluding carboxylic acids is 1. The number of aromatic nitrogens is 2. The molecule has 3 N–H and O–H groups in total. The lowest BCUT2D eigenvalue weighted by Crippen LogP contribution is -2.27. The van der Waals surface area contributed by atoms with Gasteiger partial charge in [-0.3, -0.25) is 9.89 Å². The second kappa shape index (κ2) is 6.54. The Balaban J connectivity index is 1.57. The van der Waals surface area contributed by atoms with E-state index in [9.17, 15) is 4.79 Å². The topological polar surface area (TPSA) is 69.8 Å². The van der Waals surface area contributed by atoms with Crippen LogP contribution in [-0.4, -0.2) is 35.7 Å². The summed E-state index contributed by atoms with van der Waals surface area (Å²) in [6.07, 6.45) is 5.59. The molecule has 1 aromatic heterocycles. The van der Waals surface area contributed by atoms with Gasteiger partial charge in [-0.2, -0.15) is 5.10 Å². The van der Waals surface area contributed by atoms with Crippen molar-refractivity contribution in [3.63, 3.8) is 0 Å². The Labute approximate surface area is 108 Å². The van der Waals surface area contributed by atoms with Crippen LogP contribution in [0.5, 0.6) is 0 Å². The van der Waals surface area contributed by atoms with Crippen molar-refractivity contribution in [3.8, 4) is 0 Å². The van der Waals surface area contributed by atoms with Gasteiger partial charge in [-0.15, -0.1) is 0 Å². The number of hydrogen-bond donors (Lipinski definition) is 3. The maximum Gasteiger partial charge on any atom is 0.220 e. The zero-order valence-corrected chi connectivity index (χ0v) is 11.0. The molecule has 5 nitrogen and oxygen atoms in total. The number of aryl methyl sites for hydroxylation is 2. The minimum absolute atomic E-state index is 0.188. The summed E-state index contributed by atoms with van der Waals surface area (Å²) in [5, 5.41) is 13.2. The molecule has 18 heavy (non-hydrogen) atoms. The van der Waals surface area contributed by atoms with Gasteiger partial charge in [0.2, 0.25) is 5.91 Å². The van der Waals surface area contributed by atoms with Crippen LogP contribution in [0.4, 0.5) is 0 Å². The number of carbonyl (C=O) groups is 1. The number of nitrogens with one attached hydrogen (secondary N) is 3. The fraction of sp³-hybridized carbons (Fsp3) is 0.692. The first-order valence-electron chi connectivity index (χ1n) is 6.72. The van der Waals surface area contributed by atoms with E-state index < -0.39 is 0 Å². The van der Waals surface area contributed by atoms with E-state index in [1.165, 1.54) is 5.56 Å². The number of amides is 1. The molecule has 1 unspecified atom stereocenters. The van der Waals surface area contributed by atoms with Crippen LogP contribution in [0.15, 0.2) is 6.20 Å². The molecular weight excluding hydrogens is 228 g/mol. The fourth-order valence-corrected chi connectivity index (χ4v) is 2.36. The van der Waals surface area contributed by atoms with Gasteiger partial charge >= 0.3 is 0 Å². The fourth-order valence-electron chi connectivity index (χ4n) is 2.36. The van der Waals surface area contributed by atoms with Gasteiger partial charge in [0.05, 0.1) is 6.20 Å². The molecule has 1 fully saturated rings. The second-order valence-corrected chi connectivity index (χ2v) is 5.04. The van der Waals surface area contributed by atoms with E-state index in [0.29, 0.717) is 12.3 Å². The van der Waals surface area contributed by atoms with Crippen molar-refractivity contribution in [2.75, 3.05) is 19.6 Å². The number of hydrogen-bond acceptors (Lipinski definition) is 3. The smallest absolute Gasteiger partial charge is 0.220 e. The molecular formula is C13H22N4O.